The predicted octanol–water partition coefficient (Wildman–Crippen LogP) is 4.87. The van der Waals surface area contributed by atoms with Crippen LogP contribution in [0.5, 0.6) is 0 Å². The molecule has 31 heavy (non-hydrogen) atoms. The van der Waals surface area contributed by atoms with Gasteiger partial charge in [0.1, 0.15) is 5.78 Å². The van der Waals surface area contributed by atoms with Crippen LogP contribution < -0.4 is 5.32 Å². The zero-order valence-electron chi connectivity index (χ0n) is 18.0. The van der Waals surface area contributed by atoms with Gasteiger partial charge in [0.15, 0.2) is 5.78 Å². The van der Waals surface area contributed by atoms with Gasteiger partial charge in [-0.05, 0) is 35.7 Å². The van der Waals surface area contributed by atoms with Gasteiger partial charge < -0.3 is 5.32 Å². The molecule has 0 radical (unpaired) electrons. The van der Waals surface area contributed by atoms with E-state index >= 15 is 0 Å². The fourth-order valence-electron chi connectivity index (χ4n) is 3.36. The molecule has 3 aromatic rings. The Morgan fingerprint density at radius 3 is 2.29 bits per heavy atom. The molecule has 0 aliphatic heterocycles. The van der Waals surface area contributed by atoms with Crippen molar-refractivity contribution in [3.63, 3.8) is 0 Å². The largest absolute Gasteiger partial charge is 0.348 e. The topological polar surface area (TPSA) is 63.2 Å². The molecule has 4 nitrogen and oxygen atoms in total. The molecule has 0 bridgehead atoms. The number of carbonyl (C=O) groups is 3. The molecule has 0 saturated heterocycles. The van der Waals surface area contributed by atoms with Gasteiger partial charge in [-0.25, -0.2) is 0 Å². The summed E-state index contributed by atoms with van der Waals surface area (Å²) in [7, 11) is 0. The second-order valence-electron chi connectivity index (χ2n) is 7.69. The van der Waals surface area contributed by atoms with Crippen molar-refractivity contribution in [3.05, 3.63) is 106 Å². The summed E-state index contributed by atoms with van der Waals surface area (Å²) in [5, 5.41) is 2.94. The van der Waals surface area contributed by atoms with Crippen molar-refractivity contribution in [2.45, 2.75) is 39.7 Å². The number of rotatable bonds is 9. The lowest BCUT2D eigenvalue weighted by atomic mass is 9.96. The van der Waals surface area contributed by atoms with Gasteiger partial charge in [0.2, 0.25) is 0 Å². The summed E-state index contributed by atoms with van der Waals surface area (Å²) in [5.74, 6) is -0.143. The minimum Gasteiger partial charge on any atom is -0.348 e. The van der Waals surface area contributed by atoms with Crippen LogP contribution in [0.25, 0.3) is 0 Å². The van der Waals surface area contributed by atoms with E-state index in [2.05, 4.69) is 5.32 Å². The number of Topliss-reactive ketones (excluding diaryl/α,β-unsaturated/α-hetero) is 2. The first-order valence-electron chi connectivity index (χ1n) is 10.5. The van der Waals surface area contributed by atoms with Crippen LogP contribution in [-0.4, -0.2) is 17.5 Å². The van der Waals surface area contributed by atoms with Gasteiger partial charge in [-0.3, -0.25) is 14.4 Å². The molecule has 0 fully saturated rings. The number of ketones is 2. The first kappa shape index (κ1) is 22.2. The lowest BCUT2D eigenvalue weighted by Crippen LogP contribution is -2.24. The Morgan fingerprint density at radius 1 is 0.806 bits per heavy atom. The van der Waals surface area contributed by atoms with Crippen molar-refractivity contribution >= 4 is 17.5 Å². The normalized spacial score (nSPS) is 10.5. The van der Waals surface area contributed by atoms with Gasteiger partial charge in [-0.1, -0.05) is 73.2 Å². The molecule has 0 aliphatic rings. The molecule has 0 unspecified atom stereocenters. The molecule has 3 rings (SSSR count). The van der Waals surface area contributed by atoms with Crippen molar-refractivity contribution in [1.82, 2.24) is 5.32 Å². The maximum absolute atomic E-state index is 12.9. The van der Waals surface area contributed by atoms with Gasteiger partial charge in [-0.15, -0.1) is 0 Å². The van der Waals surface area contributed by atoms with Gasteiger partial charge >= 0.3 is 0 Å². The summed E-state index contributed by atoms with van der Waals surface area (Å²) in [4.78, 5) is 37.4. The Hall–Kier alpha value is -3.53. The summed E-state index contributed by atoms with van der Waals surface area (Å²) in [6.45, 7) is 4.28. The second kappa shape index (κ2) is 10.5. The van der Waals surface area contributed by atoms with Gasteiger partial charge in [0, 0.05) is 36.9 Å². The number of amides is 1. The molecule has 0 aromatic heterocycles. The SMILES string of the molecule is CCC(=O)Cc1cccc(C(=O)Cc2ccccc2C(=O)NCc2ccc(C)cc2)c1. The van der Waals surface area contributed by atoms with Crippen molar-refractivity contribution in [2.24, 2.45) is 0 Å². The second-order valence-corrected chi connectivity index (χ2v) is 7.69. The van der Waals surface area contributed by atoms with Crippen LogP contribution in [0.4, 0.5) is 0 Å². The van der Waals surface area contributed by atoms with Gasteiger partial charge in [0.25, 0.3) is 5.91 Å². The van der Waals surface area contributed by atoms with Crippen molar-refractivity contribution in [3.8, 4) is 0 Å². The minimum absolute atomic E-state index is 0.0791. The van der Waals surface area contributed by atoms with Crippen LogP contribution in [0.15, 0.2) is 72.8 Å². The Bertz CT molecular complexity index is 1080. The monoisotopic (exact) mass is 413 g/mol. The van der Waals surface area contributed by atoms with Crippen molar-refractivity contribution in [1.29, 1.82) is 0 Å². The maximum atomic E-state index is 12.9. The lowest BCUT2D eigenvalue weighted by molar-refractivity contribution is -0.118. The molecule has 0 saturated carbocycles. The van der Waals surface area contributed by atoms with E-state index in [0.29, 0.717) is 36.1 Å². The summed E-state index contributed by atoms with van der Waals surface area (Å²) in [5.41, 5.74) is 4.76. The van der Waals surface area contributed by atoms with Gasteiger partial charge in [0.05, 0.1) is 0 Å². The van der Waals surface area contributed by atoms with E-state index in [4.69, 9.17) is 0 Å². The van der Waals surface area contributed by atoms with E-state index in [1.165, 1.54) is 5.56 Å². The number of benzene rings is 3. The predicted molar refractivity (Wildman–Crippen MR) is 122 cm³/mol. The third-order valence-electron chi connectivity index (χ3n) is 5.23. The molecule has 3 aromatic carbocycles. The maximum Gasteiger partial charge on any atom is 0.251 e. The molecule has 0 heterocycles. The molecule has 0 spiro atoms. The zero-order chi connectivity index (χ0) is 22.2. The highest BCUT2D eigenvalue weighted by atomic mass is 16.2. The van der Waals surface area contributed by atoms with E-state index < -0.39 is 0 Å². The molecule has 1 N–H and O–H groups in total. The summed E-state index contributed by atoms with van der Waals surface area (Å²) in [6.07, 6.45) is 0.929. The number of hydrogen-bond donors (Lipinski definition) is 1. The fraction of sp³-hybridized carbons (Fsp3) is 0.222. The lowest BCUT2D eigenvalue weighted by Gasteiger charge is -2.11. The summed E-state index contributed by atoms with van der Waals surface area (Å²) in [6, 6.07) is 22.4. The molecule has 158 valence electrons. The molecule has 4 heteroatoms. The van der Waals surface area contributed by atoms with Crippen LogP contribution >= 0.6 is 0 Å². The highest BCUT2D eigenvalue weighted by Crippen LogP contribution is 2.15. The molecule has 0 atom stereocenters. The fourth-order valence-corrected chi connectivity index (χ4v) is 3.36. The number of hydrogen-bond acceptors (Lipinski definition) is 3. The summed E-state index contributed by atoms with van der Waals surface area (Å²) >= 11 is 0. The van der Waals surface area contributed by atoms with Crippen molar-refractivity contribution in [2.75, 3.05) is 0 Å². The molecule has 0 aliphatic carbocycles. The Morgan fingerprint density at radius 2 is 1.55 bits per heavy atom. The Balaban J connectivity index is 1.70. The van der Waals surface area contributed by atoms with E-state index in [1.54, 1.807) is 30.3 Å². The molecular weight excluding hydrogens is 386 g/mol. The van der Waals surface area contributed by atoms with Crippen LogP contribution in [-0.2, 0) is 24.2 Å². The zero-order valence-corrected chi connectivity index (χ0v) is 18.0. The quantitative estimate of drug-likeness (QED) is 0.509. The van der Waals surface area contributed by atoms with Crippen LogP contribution in [0, 0.1) is 6.92 Å². The highest BCUT2D eigenvalue weighted by Gasteiger charge is 2.15. The smallest absolute Gasteiger partial charge is 0.251 e. The van der Waals surface area contributed by atoms with Crippen LogP contribution in [0.2, 0.25) is 0 Å². The van der Waals surface area contributed by atoms with Crippen molar-refractivity contribution < 1.29 is 14.4 Å². The standard InChI is InChI=1S/C27H27NO3/c1-3-24(29)16-21-7-6-9-23(15-21)26(30)17-22-8-4-5-10-25(22)27(31)28-18-20-13-11-19(2)12-14-20/h4-15H,3,16-18H2,1-2H3,(H,28,31). The Kier molecular flexibility index (Phi) is 7.50. The first-order chi connectivity index (χ1) is 15.0. The number of nitrogens with one attached hydrogen (secondary N) is 1. The molecular formula is C27H27NO3. The third-order valence-corrected chi connectivity index (χ3v) is 5.23. The minimum atomic E-state index is -0.203. The first-order valence-corrected chi connectivity index (χ1v) is 10.5. The van der Waals surface area contributed by atoms with Gasteiger partial charge in [-0.2, -0.15) is 0 Å². The van der Waals surface area contributed by atoms with E-state index in [-0.39, 0.29) is 23.9 Å². The van der Waals surface area contributed by atoms with E-state index in [0.717, 1.165) is 11.1 Å². The average molecular weight is 414 g/mol. The number of carbonyl (C=O) groups excluding carboxylic acids is 3. The molecule has 1 amide bonds. The highest BCUT2D eigenvalue weighted by molar-refractivity contribution is 6.01. The average Bonchev–Trinajstić information content (AvgIpc) is 2.79. The third kappa shape index (κ3) is 6.22. The van der Waals surface area contributed by atoms with Crippen LogP contribution in [0.3, 0.4) is 0 Å². The van der Waals surface area contributed by atoms with E-state index in [9.17, 15) is 14.4 Å². The summed E-state index contributed by atoms with van der Waals surface area (Å²) < 4.78 is 0. The van der Waals surface area contributed by atoms with E-state index in [1.807, 2.05) is 56.3 Å². The Labute approximate surface area is 183 Å². The van der Waals surface area contributed by atoms with Crippen LogP contribution in [0.1, 0.15) is 56.3 Å². The number of aryl methyl sites for hydroxylation is 1.